The zero-order valence-corrected chi connectivity index (χ0v) is 15.7. The topological polar surface area (TPSA) is 20.2 Å². The van der Waals surface area contributed by atoms with Gasteiger partial charge in [0, 0.05) is 0 Å². The van der Waals surface area contributed by atoms with E-state index >= 15 is 0 Å². The summed E-state index contributed by atoms with van der Waals surface area (Å²) in [6.07, 6.45) is -6.98. The molecule has 1 N–H and O–H groups in total. The Balaban J connectivity index is 2.17. The van der Waals surface area contributed by atoms with Gasteiger partial charge in [-0.2, -0.15) is 0 Å². The molecule has 0 saturated carbocycles. The first-order chi connectivity index (χ1) is 12.9. The van der Waals surface area contributed by atoms with Gasteiger partial charge in [-0.1, -0.05) is 0 Å². The van der Waals surface area contributed by atoms with Crippen molar-refractivity contribution >= 4 is 23.2 Å². The maximum absolute atomic E-state index is 13.0. The predicted octanol–water partition coefficient (Wildman–Crippen LogP) is 4.03. The van der Waals surface area contributed by atoms with Crippen LogP contribution in [0, 0.1) is 0 Å². The molecule has 0 heterocycles. The summed E-state index contributed by atoms with van der Waals surface area (Å²) in [5.41, 5.74) is 0. The van der Waals surface area contributed by atoms with Crippen LogP contribution >= 0.6 is 7.26 Å². The number of aliphatic hydroxyl groups excluding tert-OH is 1. The van der Waals surface area contributed by atoms with E-state index in [0.717, 1.165) is 15.9 Å². The number of halogens is 3. The molecule has 27 heavy (non-hydrogen) atoms. The Morgan fingerprint density at radius 2 is 1.00 bits per heavy atom. The molecule has 1 atom stereocenters. The molecule has 142 valence electrons. The second-order valence-corrected chi connectivity index (χ2v) is 10.6. The third-order valence-corrected chi connectivity index (χ3v) is 9.97. The van der Waals surface area contributed by atoms with Crippen LogP contribution in [-0.4, -0.2) is 23.5 Å². The average Bonchev–Trinajstić information content (AvgIpc) is 2.70. The Labute approximate surface area is 157 Å². The molecule has 0 spiro atoms. The van der Waals surface area contributed by atoms with Gasteiger partial charge in [-0.25, -0.2) is 0 Å². The van der Waals surface area contributed by atoms with Gasteiger partial charge in [-0.3, -0.25) is 0 Å². The summed E-state index contributed by atoms with van der Waals surface area (Å²) in [5, 5.41) is 12.8. The summed E-state index contributed by atoms with van der Waals surface area (Å²) in [6, 6.07) is 29.2. The van der Waals surface area contributed by atoms with Gasteiger partial charge in [0.1, 0.15) is 0 Å². The summed E-state index contributed by atoms with van der Waals surface area (Å²) in [6.45, 7) is 0. The van der Waals surface area contributed by atoms with Crippen molar-refractivity contribution in [2.45, 2.75) is 18.7 Å². The van der Waals surface area contributed by atoms with Gasteiger partial charge in [0.15, 0.2) is 0 Å². The van der Waals surface area contributed by atoms with Gasteiger partial charge >= 0.3 is 157 Å². The van der Waals surface area contributed by atoms with Gasteiger partial charge in [-0.05, 0) is 0 Å². The molecule has 1 nitrogen and oxygen atoms in total. The van der Waals surface area contributed by atoms with Crippen LogP contribution in [0.25, 0.3) is 0 Å². The van der Waals surface area contributed by atoms with Crippen molar-refractivity contribution in [3.63, 3.8) is 0 Å². The molecule has 0 radical (unpaired) electrons. The fraction of sp³-hybridized carbons (Fsp3) is 0.182. The van der Waals surface area contributed by atoms with Crippen LogP contribution in [0.1, 0.15) is 6.42 Å². The molecule has 0 aliphatic rings. The molecule has 5 heteroatoms. The van der Waals surface area contributed by atoms with E-state index in [-0.39, 0.29) is 12.6 Å². The summed E-state index contributed by atoms with van der Waals surface area (Å²) < 4.78 is 39.0. The molecule has 0 fully saturated rings. The fourth-order valence-corrected chi connectivity index (χ4v) is 8.47. The Morgan fingerprint density at radius 1 is 0.667 bits per heavy atom. The summed E-state index contributed by atoms with van der Waals surface area (Å²) in [5.74, 6) is 0. The SMILES string of the molecule is OC(CC[PH](c1ccccc1)(c1ccccc1)c1ccccc1)C(F)(F)F. The standard InChI is InChI=1S/C22H22F3OP/c23-22(24,25)21(26)16-17-27(18-10-4-1-5-11-18,19-12-6-2-7-13-19)20-14-8-3-9-15-20/h1-15,21,26-27H,16-17H2. The quantitative estimate of drug-likeness (QED) is 0.631. The molecule has 1 unspecified atom stereocenters. The van der Waals surface area contributed by atoms with E-state index in [1.807, 2.05) is 91.0 Å². The van der Waals surface area contributed by atoms with Crippen molar-refractivity contribution in [2.75, 3.05) is 6.16 Å². The summed E-state index contributed by atoms with van der Waals surface area (Å²) >= 11 is 0. The van der Waals surface area contributed by atoms with Crippen molar-refractivity contribution in [1.29, 1.82) is 0 Å². The Kier molecular flexibility index (Phi) is 5.98. The molecular formula is C22H22F3OP. The van der Waals surface area contributed by atoms with Gasteiger partial charge in [0.05, 0.1) is 0 Å². The molecule has 0 aromatic heterocycles. The van der Waals surface area contributed by atoms with Crippen LogP contribution in [0.15, 0.2) is 91.0 Å². The molecule has 3 aromatic rings. The van der Waals surface area contributed by atoms with Crippen molar-refractivity contribution in [3.8, 4) is 0 Å². The Bertz CT molecular complexity index is 739. The van der Waals surface area contributed by atoms with Crippen LogP contribution in [-0.2, 0) is 0 Å². The number of hydrogen-bond acceptors (Lipinski definition) is 1. The second-order valence-electron chi connectivity index (χ2n) is 6.60. The van der Waals surface area contributed by atoms with Crippen LogP contribution in [0.5, 0.6) is 0 Å². The summed E-state index contributed by atoms with van der Waals surface area (Å²) in [4.78, 5) is 0. The molecule has 0 aliphatic heterocycles. The normalized spacial score (nSPS) is 13.9. The van der Waals surface area contributed by atoms with Gasteiger partial charge in [-0.15, -0.1) is 0 Å². The molecule has 0 amide bonds. The first-order valence-corrected chi connectivity index (χ1v) is 11.1. The van der Waals surface area contributed by atoms with E-state index in [1.165, 1.54) is 0 Å². The molecular weight excluding hydrogens is 368 g/mol. The Hall–Kier alpha value is -2.16. The monoisotopic (exact) mass is 390 g/mol. The van der Waals surface area contributed by atoms with Crippen molar-refractivity contribution in [2.24, 2.45) is 0 Å². The first kappa shape index (κ1) is 19.6. The third kappa shape index (κ3) is 4.23. The number of benzene rings is 3. The third-order valence-electron chi connectivity index (χ3n) is 4.97. The minimum atomic E-state index is -4.61. The number of alkyl halides is 3. The minimum absolute atomic E-state index is 0.270. The van der Waals surface area contributed by atoms with E-state index in [9.17, 15) is 18.3 Å². The molecule has 3 aromatic carbocycles. The van der Waals surface area contributed by atoms with Crippen molar-refractivity contribution in [3.05, 3.63) is 91.0 Å². The van der Waals surface area contributed by atoms with Crippen molar-refractivity contribution < 1.29 is 18.3 Å². The summed E-state index contributed by atoms with van der Waals surface area (Å²) in [7, 11) is -2.73. The van der Waals surface area contributed by atoms with Gasteiger partial charge < -0.3 is 0 Å². The van der Waals surface area contributed by atoms with Crippen LogP contribution in [0.4, 0.5) is 13.2 Å². The number of aliphatic hydroxyl groups is 1. The number of rotatable bonds is 6. The van der Waals surface area contributed by atoms with Crippen LogP contribution in [0.2, 0.25) is 0 Å². The van der Waals surface area contributed by atoms with Crippen LogP contribution < -0.4 is 15.9 Å². The molecule has 0 aliphatic carbocycles. The van der Waals surface area contributed by atoms with Crippen molar-refractivity contribution in [1.82, 2.24) is 0 Å². The van der Waals surface area contributed by atoms with Gasteiger partial charge in [0.25, 0.3) is 0 Å². The van der Waals surface area contributed by atoms with E-state index in [4.69, 9.17) is 0 Å². The average molecular weight is 390 g/mol. The molecule has 0 bridgehead atoms. The predicted molar refractivity (Wildman–Crippen MR) is 108 cm³/mol. The van der Waals surface area contributed by atoms with Crippen LogP contribution in [0.3, 0.4) is 0 Å². The van der Waals surface area contributed by atoms with E-state index < -0.39 is 19.5 Å². The fourth-order valence-electron chi connectivity index (χ4n) is 3.62. The second kappa shape index (κ2) is 8.24. The number of hydrogen-bond donors (Lipinski definition) is 1. The zero-order valence-electron chi connectivity index (χ0n) is 14.7. The molecule has 3 rings (SSSR count). The first-order valence-electron chi connectivity index (χ1n) is 8.86. The maximum atomic E-state index is 13.0. The van der Waals surface area contributed by atoms with E-state index in [0.29, 0.717) is 0 Å². The molecule has 0 saturated heterocycles. The van der Waals surface area contributed by atoms with E-state index in [2.05, 4.69) is 0 Å². The van der Waals surface area contributed by atoms with Gasteiger partial charge in [0.2, 0.25) is 0 Å². The van der Waals surface area contributed by atoms with E-state index in [1.54, 1.807) is 0 Å². The Morgan fingerprint density at radius 3 is 1.30 bits per heavy atom. The zero-order chi connectivity index (χ0) is 19.3.